The number of aliphatic hydroxyl groups excluding tert-OH is 2. The predicted octanol–water partition coefficient (Wildman–Crippen LogP) is 0.246. The lowest BCUT2D eigenvalue weighted by Crippen LogP contribution is -2.21. The van der Waals surface area contributed by atoms with Crippen molar-refractivity contribution in [1.29, 1.82) is 0 Å². The van der Waals surface area contributed by atoms with Gasteiger partial charge in [0.05, 0.1) is 18.5 Å². The molecular weight excluding hydrogens is 244 g/mol. The van der Waals surface area contributed by atoms with Crippen molar-refractivity contribution in [2.24, 2.45) is 0 Å². The van der Waals surface area contributed by atoms with Gasteiger partial charge in [-0.2, -0.15) is 0 Å². The Balaban J connectivity index is 2.48. The van der Waals surface area contributed by atoms with Crippen LogP contribution in [0.2, 0.25) is 0 Å². The Hall–Kier alpha value is -1.18. The van der Waals surface area contributed by atoms with Crippen LogP contribution in [-0.2, 0) is 4.79 Å². The molecular formula is C10H14N2O4S. The quantitative estimate of drug-likeness (QED) is 0.695. The van der Waals surface area contributed by atoms with Gasteiger partial charge in [0.25, 0.3) is 0 Å². The fourth-order valence-corrected chi connectivity index (χ4v) is 1.78. The van der Waals surface area contributed by atoms with Crippen LogP contribution in [0.5, 0.6) is 5.75 Å². The molecule has 0 aliphatic rings. The Morgan fingerprint density at radius 3 is 2.53 bits per heavy atom. The summed E-state index contributed by atoms with van der Waals surface area (Å²) >= 11 is 1.08. The van der Waals surface area contributed by atoms with Crippen molar-refractivity contribution in [1.82, 2.24) is 9.97 Å². The molecule has 1 aromatic rings. The molecule has 3 N–H and O–H groups in total. The maximum Gasteiger partial charge on any atom is 0.185 e. The van der Waals surface area contributed by atoms with Gasteiger partial charge in [-0.1, -0.05) is 11.8 Å². The van der Waals surface area contributed by atoms with Crippen LogP contribution in [0.1, 0.15) is 25.3 Å². The highest BCUT2D eigenvalue weighted by atomic mass is 32.2. The molecule has 0 aromatic carbocycles. The van der Waals surface area contributed by atoms with Crippen molar-refractivity contribution in [3.63, 3.8) is 0 Å². The maximum atomic E-state index is 10.7. The van der Waals surface area contributed by atoms with Gasteiger partial charge in [0.2, 0.25) is 0 Å². The average molecular weight is 258 g/mol. The third kappa shape index (κ3) is 4.68. The van der Waals surface area contributed by atoms with Gasteiger partial charge in [-0.3, -0.25) is 4.79 Å². The lowest BCUT2D eigenvalue weighted by molar-refractivity contribution is -0.109. The second-order valence-corrected chi connectivity index (χ2v) is 4.71. The van der Waals surface area contributed by atoms with E-state index in [4.69, 9.17) is 5.11 Å². The zero-order valence-electron chi connectivity index (χ0n) is 9.28. The third-order valence-electron chi connectivity index (χ3n) is 2.01. The van der Waals surface area contributed by atoms with E-state index < -0.39 is 12.2 Å². The molecule has 0 aliphatic carbocycles. The van der Waals surface area contributed by atoms with Crippen molar-refractivity contribution in [3.8, 4) is 5.75 Å². The molecule has 1 aromatic heterocycles. The molecule has 6 nitrogen and oxygen atoms in total. The Morgan fingerprint density at radius 2 is 2.00 bits per heavy atom. The molecule has 1 rings (SSSR count). The molecule has 0 amide bonds. The van der Waals surface area contributed by atoms with Crippen LogP contribution in [0, 0.1) is 0 Å². The first kappa shape index (κ1) is 13.9. The van der Waals surface area contributed by atoms with Crippen LogP contribution in [-0.4, -0.2) is 42.3 Å². The van der Waals surface area contributed by atoms with Gasteiger partial charge in [0.15, 0.2) is 16.7 Å². The van der Waals surface area contributed by atoms with E-state index in [0.29, 0.717) is 5.75 Å². The van der Waals surface area contributed by atoms with Gasteiger partial charge >= 0.3 is 0 Å². The van der Waals surface area contributed by atoms with Crippen molar-refractivity contribution in [2.45, 2.75) is 25.6 Å². The Labute approximate surface area is 103 Å². The lowest BCUT2D eigenvalue weighted by atomic mass is 10.1. The number of carbonyl (C=O) groups excluding carboxylic acids is 1. The SMILES string of the molecule is CC(=O)SCCC(O)C(O)c1ncc(O)cn1. The maximum absolute atomic E-state index is 10.7. The summed E-state index contributed by atoms with van der Waals surface area (Å²) in [6, 6.07) is 0. The smallest absolute Gasteiger partial charge is 0.185 e. The summed E-state index contributed by atoms with van der Waals surface area (Å²) in [5, 5.41) is 28.3. The average Bonchev–Trinajstić information content (AvgIpc) is 2.28. The first-order valence-electron chi connectivity index (χ1n) is 5.01. The minimum absolute atomic E-state index is 0.0347. The summed E-state index contributed by atoms with van der Waals surface area (Å²) in [5.41, 5.74) is 0. The topological polar surface area (TPSA) is 104 Å². The molecule has 0 spiro atoms. The molecule has 0 saturated heterocycles. The number of hydrogen-bond donors (Lipinski definition) is 3. The molecule has 2 atom stereocenters. The summed E-state index contributed by atoms with van der Waals surface area (Å²) in [5.74, 6) is 0.358. The normalized spacial score (nSPS) is 14.3. The number of carbonyl (C=O) groups is 1. The second-order valence-electron chi connectivity index (χ2n) is 3.44. The first-order chi connectivity index (χ1) is 8.00. The molecule has 0 bridgehead atoms. The van der Waals surface area contributed by atoms with Crippen molar-refractivity contribution < 1.29 is 20.1 Å². The van der Waals surface area contributed by atoms with E-state index in [1.807, 2.05) is 0 Å². The highest BCUT2D eigenvalue weighted by Crippen LogP contribution is 2.18. The van der Waals surface area contributed by atoms with E-state index in [2.05, 4.69) is 9.97 Å². The number of hydrogen-bond acceptors (Lipinski definition) is 7. The van der Waals surface area contributed by atoms with Crippen LogP contribution in [0.3, 0.4) is 0 Å². The van der Waals surface area contributed by atoms with Gasteiger partial charge in [0, 0.05) is 12.7 Å². The Bertz CT molecular complexity index is 371. The third-order valence-corrected chi connectivity index (χ3v) is 2.85. The van der Waals surface area contributed by atoms with Gasteiger partial charge in [-0.25, -0.2) is 9.97 Å². The van der Waals surface area contributed by atoms with Gasteiger partial charge < -0.3 is 15.3 Å². The van der Waals surface area contributed by atoms with E-state index in [9.17, 15) is 15.0 Å². The van der Waals surface area contributed by atoms with Crippen LogP contribution < -0.4 is 0 Å². The monoisotopic (exact) mass is 258 g/mol. The van der Waals surface area contributed by atoms with Crippen LogP contribution in [0.15, 0.2) is 12.4 Å². The summed E-state index contributed by atoms with van der Waals surface area (Å²) in [4.78, 5) is 18.1. The molecule has 2 unspecified atom stereocenters. The standard InChI is InChI=1S/C10H14N2O4S/c1-6(13)17-3-2-8(15)9(16)10-11-4-7(14)5-12-10/h4-5,8-9,14-16H,2-3H2,1H3. The summed E-state index contributed by atoms with van der Waals surface area (Å²) < 4.78 is 0. The lowest BCUT2D eigenvalue weighted by Gasteiger charge is -2.15. The van der Waals surface area contributed by atoms with E-state index in [0.717, 1.165) is 24.2 Å². The van der Waals surface area contributed by atoms with Crippen LogP contribution >= 0.6 is 11.8 Å². The number of thioether (sulfide) groups is 1. The molecule has 0 aliphatic heterocycles. The van der Waals surface area contributed by atoms with Crippen molar-refractivity contribution in [3.05, 3.63) is 18.2 Å². The van der Waals surface area contributed by atoms with Crippen molar-refractivity contribution >= 4 is 16.9 Å². The zero-order valence-corrected chi connectivity index (χ0v) is 10.1. The van der Waals surface area contributed by atoms with Gasteiger partial charge in [-0.15, -0.1) is 0 Å². The molecule has 1 heterocycles. The van der Waals surface area contributed by atoms with Gasteiger partial charge in [-0.05, 0) is 6.42 Å². The number of aromatic nitrogens is 2. The minimum Gasteiger partial charge on any atom is -0.505 e. The fourth-order valence-electron chi connectivity index (χ4n) is 1.14. The van der Waals surface area contributed by atoms with Crippen LogP contribution in [0.25, 0.3) is 0 Å². The Morgan fingerprint density at radius 1 is 1.41 bits per heavy atom. The molecule has 17 heavy (non-hydrogen) atoms. The Kier molecular flexibility index (Phi) is 5.33. The summed E-state index contributed by atoms with van der Waals surface area (Å²) in [6.45, 7) is 1.44. The molecule has 94 valence electrons. The van der Waals surface area contributed by atoms with Crippen molar-refractivity contribution in [2.75, 3.05) is 5.75 Å². The molecule has 0 radical (unpaired) electrons. The van der Waals surface area contributed by atoms with Gasteiger partial charge in [0.1, 0.15) is 6.10 Å². The molecule has 7 heteroatoms. The highest BCUT2D eigenvalue weighted by molar-refractivity contribution is 8.13. The van der Waals surface area contributed by atoms with E-state index >= 15 is 0 Å². The highest BCUT2D eigenvalue weighted by Gasteiger charge is 2.20. The number of rotatable bonds is 5. The number of aliphatic hydroxyl groups is 2. The number of nitrogens with zero attached hydrogens (tertiary/aromatic N) is 2. The molecule has 0 fully saturated rings. The van der Waals surface area contributed by atoms with E-state index in [-0.39, 0.29) is 23.1 Å². The number of aromatic hydroxyl groups is 1. The fraction of sp³-hybridized carbons (Fsp3) is 0.500. The second kappa shape index (κ2) is 6.53. The summed E-state index contributed by atoms with van der Waals surface area (Å²) in [7, 11) is 0. The van der Waals surface area contributed by atoms with E-state index in [1.165, 1.54) is 6.92 Å². The minimum atomic E-state index is -1.22. The van der Waals surface area contributed by atoms with E-state index in [1.54, 1.807) is 0 Å². The van der Waals surface area contributed by atoms with Crippen LogP contribution in [0.4, 0.5) is 0 Å². The zero-order chi connectivity index (χ0) is 12.8. The predicted molar refractivity (Wildman–Crippen MR) is 62.4 cm³/mol. The first-order valence-corrected chi connectivity index (χ1v) is 5.99. The largest absolute Gasteiger partial charge is 0.505 e. The molecule has 0 saturated carbocycles. The summed E-state index contributed by atoms with van der Waals surface area (Å²) in [6.07, 6.45) is 0.287.